The summed E-state index contributed by atoms with van der Waals surface area (Å²) >= 11 is 6.02. The summed E-state index contributed by atoms with van der Waals surface area (Å²) in [5.74, 6) is -0.564. The summed E-state index contributed by atoms with van der Waals surface area (Å²) in [4.78, 5) is 29.2. The fourth-order valence-corrected chi connectivity index (χ4v) is 3.55. The van der Waals surface area contributed by atoms with E-state index in [4.69, 9.17) is 16.3 Å². The van der Waals surface area contributed by atoms with E-state index in [1.165, 1.54) is 7.11 Å². The van der Waals surface area contributed by atoms with Crippen LogP contribution in [0.15, 0.2) is 53.5 Å². The summed E-state index contributed by atoms with van der Waals surface area (Å²) in [7, 11) is 3.23. The molecule has 1 amide bonds. The highest BCUT2D eigenvalue weighted by Crippen LogP contribution is 2.14. The van der Waals surface area contributed by atoms with E-state index in [-0.39, 0.29) is 11.9 Å². The number of aromatic nitrogens is 2. The number of aryl methyl sites for hydroxylation is 2. The van der Waals surface area contributed by atoms with Gasteiger partial charge in [0, 0.05) is 35.6 Å². The first kappa shape index (κ1) is 24.0. The lowest BCUT2D eigenvalue weighted by molar-refractivity contribution is 0.0600. The van der Waals surface area contributed by atoms with Crippen molar-refractivity contribution in [2.75, 3.05) is 19.0 Å². The summed E-state index contributed by atoms with van der Waals surface area (Å²) in [6.45, 7) is 4.39. The number of guanidine groups is 1. The molecule has 0 saturated carbocycles. The second-order valence-electron chi connectivity index (χ2n) is 7.42. The van der Waals surface area contributed by atoms with E-state index in [9.17, 15) is 9.59 Å². The van der Waals surface area contributed by atoms with Crippen molar-refractivity contribution >= 4 is 35.1 Å². The molecule has 0 aliphatic carbocycles. The SMILES string of the molecule is COC(=O)c1cccc(NC(=NCCc2c(C)nn(C)c2C)NC(=O)c2cccc(Cl)c2)c1. The molecule has 0 spiro atoms. The maximum atomic E-state index is 12.8. The molecule has 2 aromatic carbocycles. The van der Waals surface area contributed by atoms with Gasteiger partial charge in [0.15, 0.2) is 0 Å². The van der Waals surface area contributed by atoms with Crippen molar-refractivity contribution < 1.29 is 14.3 Å². The molecule has 33 heavy (non-hydrogen) atoms. The molecule has 0 unspecified atom stereocenters. The van der Waals surface area contributed by atoms with E-state index < -0.39 is 5.97 Å². The molecule has 0 aliphatic heterocycles. The molecule has 0 fully saturated rings. The number of hydrogen-bond acceptors (Lipinski definition) is 5. The molecule has 0 radical (unpaired) electrons. The van der Waals surface area contributed by atoms with Crippen molar-refractivity contribution in [1.82, 2.24) is 15.1 Å². The minimum atomic E-state index is -0.456. The van der Waals surface area contributed by atoms with Crippen molar-refractivity contribution in [1.29, 1.82) is 0 Å². The molecule has 172 valence electrons. The van der Waals surface area contributed by atoms with Crippen LogP contribution in [0.4, 0.5) is 5.69 Å². The van der Waals surface area contributed by atoms with Crippen molar-refractivity contribution in [3.8, 4) is 0 Å². The number of amides is 1. The number of carbonyl (C=O) groups is 2. The molecule has 0 atom stereocenters. The first-order valence-corrected chi connectivity index (χ1v) is 10.7. The van der Waals surface area contributed by atoms with Gasteiger partial charge in [0.25, 0.3) is 5.91 Å². The van der Waals surface area contributed by atoms with Gasteiger partial charge in [-0.25, -0.2) is 4.79 Å². The zero-order chi connectivity index (χ0) is 24.0. The maximum Gasteiger partial charge on any atom is 0.337 e. The molecule has 1 aromatic heterocycles. The van der Waals surface area contributed by atoms with Gasteiger partial charge in [0.2, 0.25) is 5.96 Å². The van der Waals surface area contributed by atoms with Crippen LogP contribution in [-0.4, -0.2) is 41.3 Å². The van der Waals surface area contributed by atoms with Crippen LogP contribution in [0.2, 0.25) is 5.02 Å². The van der Waals surface area contributed by atoms with Gasteiger partial charge in [-0.1, -0.05) is 23.7 Å². The predicted molar refractivity (Wildman–Crippen MR) is 129 cm³/mol. The Balaban J connectivity index is 1.83. The number of methoxy groups -OCH3 is 1. The predicted octanol–water partition coefficient (Wildman–Crippen LogP) is 3.92. The van der Waals surface area contributed by atoms with E-state index in [0.29, 0.717) is 34.8 Å². The average molecular weight is 468 g/mol. The number of anilines is 1. The normalized spacial score (nSPS) is 11.2. The van der Waals surface area contributed by atoms with Crippen LogP contribution in [0.5, 0.6) is 0 Å². The van der Waals surface area contributed by atoms with Crippen molar-refractivity contribution in [3.05, 3.63) is 81.6 Å². The molecular weight excluding hydrogens is 442 g/mol. The number of aliphatic imine (C=N–C) groups is 1. The molecule has 1 heterocycles. The highest BCUT2D eigenvalue weighted by molar-refractivity contribution is 6.31. The van der Waals surface area contributed by atoms with Crippen LogP contribution in [0, 0.1) is 13.8 Å². The Bertz CT molecular complexity index is 1200. The molecule has 3 rings (SSSR count). The summed E-state index contributed by atoms with van der Waals surface area (Å²) in [6, 6.07) is 13.4. The maximum absolute atomic E-state index is 12.8. The van der Waals surface area contributed by atoms with Gasteiger partial charge >= 0.3 is 5.97 Å². The van der Waals surface area contributed by atoms with E-state index in [2.05, 4.69) is 20.7 Å². The van der Waals surface area contributed by atoms with Gasteiger partial charge in [-0.2, -0.15) is 5.10 Å². The van der Waals surface area contributed by atoms with Crippen LogP contribution in [0.3, 0.4) is 0 Å². The number of esters is 1. The Labute approximate surface area is 197 Å². The number of benzene rings is 2. The van der Waals surface area contributed by atoms with Gasteiger partial charge < -0.3 is 10.1 Å². The molecule has 0 bridgehead atoms. The highest BCUT2D eigenvalue weighted by atomic mass is 35.5. The number of halogens is 1. The van der Waals surface area contributed by atoms with E-state index in [1.54, 1.807) is 48.5 Å². The average Bonchev–Trinajstić information content (AvgIpc) is 3.04. The van der Waals surface area contributed by atoms with Gasteiger partial charge in [-0.15, -0.1) is 0 Å². The number of rotatable bonds is 6. The van der Waals surface area contributed by atoms with Crippen LogP contribution in [0.25, 0.3) is 0 Å². The monoisotopic (exact) mass is 467 g/mol. The zero-order valence-electron chi connectivity index (χ0n) is 19.0. The van der Waals surface area contributed by atoms with Crippen molar-refractivity contribution in [2.24, 2.45) is 12.0 Å². The molecule has 9 heteroatoms. The molecular formula is C24H26ClN5O3. The first-order chi connectivity index (χ1) is 15.8. The van der Waals surface area contributed by atoms with Crippen LogP contribution in [-0.2, 0) is 18.2 Å². The number of ether oxygens (including phenoxy) is 1. The lowest BCUT2D eigenvalue weighted by atomic mass is 10.1. The summed E-state index contributed by atoms with van der Waals surface area (Å²) in [5, 5.41) is 10.8. The lowest BCUT2D eigenvalue weighted by Crippen LogP contribution is -2.36. The second kappa shape index (κ2) is 10.8. The van der Waals surface area contributed by atoms with Gasteiger partial charge in [-0.05, 0) is 62.2 Å². The summed E-state index contributed by atoms with van der Waals surface area (Å²) < 4.78 is 6.62. The summed E-state index contributed by atoms with van der Waals surface area (Å²) in [6.07, 6.45) is 0.659. The molecule has 0 aliphatic rings. The molecule has 8 nitrogen and oxygen atoms in total. The minimum absolute atomic E-state index is 0.251. The molecule has 2 N–H and O–H groups in total. The van der Waals surface area contributed by atoms with Crippen LogP contribution in [0.1, 0.15) is 37.7 Å². The topological polar surface area (TPSA) is 97.6 Å². The minimum Gasteiger partial charge on any atom is -0.465 e. The standard InChI is InChI=1S/C24H26ClN5O3/c1-15-21(16(2)30(3)29-15)11-12-26-24(28-22(31)17-7-5-9-19(25)13-17)27-20-10-6-8-18(14-20)23(32)33-4/h5-10,13-14H,11-12H2,1-4H3,(H2,26,27,28,31). The molecule has 0 saturated heterocycles. The van der Waals surface area contributed by atoms with Crippen molar-refractivity contribution in [3.63, 3.8) is 0 Å². The quantitative estimate of drug-likeness (QED) is 0.325. The van der Waals surface area contributed by atoms with E-state index >= 15 is 0 Å². The summed E-state index contributed by atoms with van der Waals surface area (Å²) in [5.41, 5.74) is 4.51. The smallest absolute Gasteiger partial charge is 0.337 e. The van der Waals surface area contributed by atoms with Gasteiger partial charge in [-0.3, -0.25) is 19.8 Å². The lowest BCUT2D eigenvalue weighted by Gasteiger charge is -2.13. The zero-order valence-corrected chi connectivity index (χ0v) is 19.7. The fourth-order valence-electron chi connectivity index (χ4n) is 3.36. The van der Waals surface area contributed by atoms with Crippen molar-refractivity contribution in [2.45, 2.75) is 20.3 Å². The third-order valence-corrected chi connectivity index (χ3v) is 5.39. The Hall–Kier alpha value is -3.65. The number of carbonyl (C=O) groups excluding carboxylic acids is 2. The van der Waals surface area contributed by atoms with Crippen LogP contribution >= 0.6 is 11.6 Å². The third-order valence-electron chi connectivity index (χ3n) is 5.16. The van der Waals surface area contributed by atoms with Crippen LogP contribution < -0.4 is 10.6 Å². The Kier molecular flexibility index (Phi) is 7.84. The number of nitrogens with one attached hydrogen (secondary N) is 2. The third kappa shape index (κ3) is 6.20. The highest BCUT2D eigenvalue weighted by Gasteiger charge is 2.13. The Morgan fingerprint density at radius 2 is 1.85 bits per heavy atom. The van der Waals surface area contributed by atoms with E-state index in [1.807, 2.05) is 25.6 Å². The van der Waals surface area contributed by atoms with Gasteiger partial charge in [0.05, 0.1) is 18.4 Å². The number of hydrogen-bond donors (Lipinski definition) is 2. The second-order valence-corrected chi connectivity index (χ2v) is 7.85. The molecule has 3 aromatic rings. The number of nitrogens with zero attached hydrogens (tertiary/aromatic N) is 3. The fraction of sp³-hybridized carbons (Fsp3) is 0.250. The largest absolute Gasteiger partial charge is 0.465 e. The Morgan fingerprint density at radius 1 is 1.12 bits per heavy atom. The Morgan fingerprint density at radius 3 is 2.52 bits per heavy atom. The first-order valence-electron chi connectivity index (χ1n) is 10.3. The van der Waals surface area contributed by atoms with Gasteiger partial charge in [0.1, 0.15) is 0 Å². The van der Waals surface area contributed by atoms with E-state index in [0.717, 1.165) is 17.0 Å².